The van der Waals surface area contributed by atoms with Crippen LogP contribution in [-0.2, 0) is 16.1 Å². The summed E-state index contributed by atoms with van der Waals surface area (Å²) in [7, 11) is 0. The number of allylic oxidation sites excluding steroid dienone is 3. The van der Waals surface area contributed by atoms with Crippen LogP contribution < -0.4 is 0 Å². The Kier molecular flexibility index (Phi) is 4.74. The van der Waals surface area contributed by atoms with Gasteiger partial charge >= 0.3 is 5.97 Å². The van der Waals surface area contributed by atoms with Gasteiger partial charge < -0.3 is 9.84 Å². The van der Waals surface area contributed by atoms with Crippen LogP contribution in [0, 0.1) is 11.3 Å². The van der Waals surface area contributed by atoms with Gasteiger partial charge in [-0.05, 0) is 28.5 Å². The Hall–Kier alpha value is -2.03. The summed E-state index contributed by atoms with van der Waals surface area (Å²) in [5, 5.41) is 9.35. The number of hydrogen-bond donors (Lipinski definition) is 1. The van der Waals surface area contributed by atoms with Crippen molar-refractivity contribution in [2.45, 2.75) is 40.7 Å². The van der Waals surface area contributed by atoms with Crippen molar-refractivity contribution in [3.8, 4) is 0 Å². The van der Waals surface area contributed by atoms with Crippen LogP contribution in [0.3, 0.4) is 0 Å². The highest BCUT2D eigenvalue weighted by Gasteiger charge is 2.30. The highest BCUT2D eigenvalue weighted by Crippen LogP contribution is 2.39. The smallest absolute Gasteiger partial charge is 0.331 e. The van der Waals surface area contributed by atoms with Crippen LogP contribution in [-0.4, -0.2) is 11.1 Å². The molecule has 0 saturated heterocycles. The molecule has 1 aromatic rings. The molecule has 1 atom stereocenters. The van der Waals surface area contributed by atoms with Gasteiger partial charge in [0.2, 0.25) is 0 Å². The Morgan fingerprint density at radius 1 is 1.27 bits per heavy atom. The van der Waals surface area contributed by atoms with Crippen molar-refractivity contribution in [2.24, 2.45) is 11.3 Å². The van der Waals surface area contributed by atoms with E-state index in [-0.39, 0.29) is 11.3 Å². The Morgan fingerprint density at radius 3 is 2.45 bits per heavy atom. The van der Waals surface area contributed by atoms with Crippen LogP contribution in [0.15, 0.2) is 53.3 Å². The van der Waals surface area contributed by atoms with E-state index < -0.39 is 5.97 Å². The lowest BCUT2D eigenvalue weighted by atomic mass is 9.78. The molecule has 0 heterocycles. The maximum Gasteiger partial charge on any atom is 0.331 e. The van der Waals surface area contributed by atoms with E-state index in [2.05, 4.69) is 20.8 Å². The highest BCUT2D eigenvalue weighted by atomic mass is 16.5. The minimum Gasteiger partial charge on any atom is -0.493 e. The third-order valence-corrected chi connectivity index (χ3v) is 3.93. The summed E-state index contributed by atoms with van der Waals surface area (Å²) in [6, 6.07) is 10.0. The number of ether oxygens (including phenoxy) is 1. The lowest BCUT2D eigenvalue weighted by molar-refractivity contribution is -0.133. The molecule has 0 saturated carbocycles. The molecule has 0 spiro atoms. The van der Waals surface area contributed by atoms with Gasteiger partial charge in [-0.2, -0.15) is 0 Å². The standard InChI is InChI=1S/C19H24O3/c1-13-10-17(22-12-14-8-6-5-7-9-14)16(19(2,3)4)11-15(13)18(20)21/h5-9,11,13H,10,12H2,1-4H3,(H,20,21). The van der Waals surface area contributed by atoms with Crippen molar-refractivity contribution in [1.29, 1.82) is 0 Å². The van der Waals surface area contributed by atoms with E-state index in [1.54, 1.807) is 6.08 Å². The van der Waals surface area contributed by atoms with Crippen LogP contribution in [0.25, 0.3) is 0 Å². The SMILES string of the molecule is CC1CC(OCc2ccccc2)=C(C(C)(C)C)C=C1C(=O)O. The second-order valence-corrected chi connectivity index (χ2v) is 6.87. The van der Waals surface area contributed by atoms with Gasteiger partial charge in [0.25, 0.3) is 0 Å². The molecule has 2 rings (SSSR count). The molecule has 3 heteroatoms. The normalized spacial score (nSPS) is 18.9. The summed E-state index contributed by atoms with van der Waals surface area (Å²) >= 11 is 0. The van der Waals surface area contributed by atoms with Gasteiger partial charge in [0.15, 0.2) is 0 Å². The predicted octanol–water partition coefficient (Wildman–Crippen LogP) is 4.55. The molecule has 1 aliphatic rings. The Morgan fingerprint density at radius 2 is 1.91 bits per heavy atom. The lowest BCUT2D eigenvalue weighted by Gasteiger charge is -2.30. The van der Waals surface area contributed by atoms with Crippen LogP contribution in [0.5, 0.6) is 0 Å². The largest absolute Gasteiger partial charge is 0.493 e. The van der Waals surface area contributed by atoms with E-state index >= 15 is 0 Å². The fourth-order valence-corrected chi connectivity index (χ4v) is 2.66. The minimum atomic E-state index is -0.837. The molecule has 22 heavy (non-hydrogen) atoms. The maximum atomic E-state index is 11.4. The molecule has 1 unspecified atom stereocenters. The number of hydrogen-bond acceptors (Lipinski definition) is 2. The molecule has 0 fully saturated rings. The molecule has 1 aliphatic carbocycles. The fraction of sp³-hybridized carbons (Fsp3) is 0.421. The Balaban J connectivity index is 2.29. The predicted molar refractivity (Wildman–Crippen MR) is 87.2 cm³/mol. The highest BCUT2D eigenvalue weighted by molar-refractivity contribution is 5.88. The fourth-order valence-electron chi connectivity index (χ4n) is 2.66. The first-order valence-electron chi connectivity index (χ1n) is 7.64. The summed E-state index contributed by atoms with van der Waals surface area (Å²) in [6.07, 6.45) is 2.44. The summed E-state index contributed by atoms with van der Waals surface area (Å²) < 4.78 is 6.05. The zero-order valence-corrected chi connectivity index (χ0v) is 13.7. The van der Waals surface area contributed by atoms with E-state index in [1.165, 1.54) is 0 Å². The molecule has 0 radical (unpaired) electrons. The van der Waals surface area contributed by atoms with Crippen molar-refractivity contribution in [3.63, 3.8) is 0 Å². The molecular weight excluding hydrogens is 276 g/mol. The topological polar surface area (TPSA) is 46.5 Å². The summed E-state index contributed by atoms with van der Waals surface area (Å²) in [4.78, 5) is 11.4. The minimum absolute atomic E-state index is 0.0330. The molecule has 0 aromatic heterocycles. The number of aliphatic carboxylic acids is 1. The van der Waals surface area contributed by atoms with E-state index in [4.69, 9.17) is 4.74 Å². The lowest BCUT2D eigenvalue weighted by Crippen LogP contribution is -2.22. The van der Waals surface area contributed by atoms with Gasteiger partial charge in [0, 0.05) is 12.0 Å². The second-order valence-electron chi connectivity index (χ2n) is 6.87. The van der Waals surface area contributed by atoms with E-state index in [1.807, 2.05) is 37.3 Å². The van der Waals surface area contributed by atoms with Gasteiger partial charge in [0.1, 0.15) is 12.4 Å². The summed E-state index contributed by atoms with van der Waals surface area (Å²) in [5.74, 6) is 0.0413. The number of benzene rings is 1. The zero-order chi connectivity index (χ0) is 16.3. The quantitative estimate of drug-likeness (QED) is 0.887. The molecule has 1 N–H and O–H groups in total. The maximum absolute atomic E-state index is 11.4. The summed E-state index contributed by atoms with van der Waals surface area (Å²) in [5.41, 5.74) is 2.42. The molecule has 0 amide bonds. The second kappa shape index (κ2) is 6.39. The van der Waals surface area contributed by atoms with Crippen LogP contribution >= 0.6 is 0 Å². The van der Waals surface area contributed by atoms with Gasteiger partial charge in [-0.25, -0.2) is 4.79 Å². The average Bonchev–Trinajstić information content (AvgIpc) is 2.44. The molecule has 1 aromatic carbocycles. The third-order valence-electron chi connectivity index (χ3n) is 3.93. The van der Waals surface area contributed by atoms with Crippen LogP contribution in [0.2, 0.25) is 0 Å². The van der Waals surface area contributed by atoms with Gasteiger partial charge in [0.05, 0.1) is 0 Å². The van der Waals surface area contributed by atoms with Crippen molar-refractivity contribution in [1.82, 2.24) is 0 Å². The molecule has 3 nitrogen and oxygen atoms in total. The molecule has 0 aliphatic heterocycles. The third kappa shape index (κ3) is 3.79. The van der Waals surface area contributed by atoms with E-state index in [0.29, 0.717) is 18.6 Å². The number of carboxylic acid groups (broad SMARTS) is 1. The van der Waals surface area contributed by atoms with E-state index in [9.17, 15) is 9.90 Å². The molecular formula is C19H24O3. The van der Waals surface area contributed by atoms with Gasteiger partial charge in [-0.15, -0.1) is 0 Å². The first-order valence-corrected chi connectivity index (χ1v) is 7.64. The number of rotatable bonds is 4. The van der Waals surface area contributed by atoms with Gasteiger partial charge in [-0.1, -0.05) is 58.0 Å². The van der Waals surface area contributed by atoms with Crippen molar-refractivity contribution >= 4 is 5.97 Å². The van der Waals surface area contributed by atoms with Crippen molar-refractivity contribution < 1.29 is 14.6 Å². The van der Waals surface area contributed by atoms with E-state index in [0.717, 1.165) is 16.9 Å². The van der Waals surface area contributed by atoms with Gasteiger partial charge in [-0.3, -0.25) is 0 Å². The number of carbonyl (C=O) groups is 1. The van der Waals surface area contributed by atoms with Crippen molar-refractivity contribution in [3.05, 3.63) is 58.9 Å². The monoisotopic (exact) mass is 300 g/mol. The first kappa shape index (κ1) is 16.3. The summed E-state index contributed by atoms with van der Waals surface area (Å²) in [6.45, 7) is 8.70. The zero-order valence-electron chi connectivity index (χ0n) is 13.7. The van der Waals surface area contributed by atoms with Crippen LogP contribution in [0.4, 0.5) is 0 Å². The Labute approximate surface area is 132 Å². The van der Waals surface area contributed by atoms with Crippen molar-refractivity contribution in [2.75, 3.05) is 0 Å². The number of carboxylic acids is 1. The molecule has 0 bridgehead atoms. The van der Waals surface area contributed by atoms with Crippen LogP contribution in [0.1, 0.15) is 39.7 Å². The average molecular weight is 300 g/mol. The Bertz CT molecular complexity index is 603. The molecule has 118 valence electrons. The first-order chi connectivity index (χ1) is 10.3.